The Morgan fingerprint density at radius 1 is 1.16 bits per heavy atom. The van der Waals surface area contributed by atoms with Crippen molar-refractivity contribution in [1.82, 2.24) is 25.1 Å². The minimum absolute atomic E-state index is 0.0225. The van der Waals surface area contributed by atoms with Crippen LogP contribution in [0.5, 0.6) is 5.75 Å². The first-order chi connectivity index (χ1) is 12.1. The highest BCUT2D eigenvalue weighted by Crippen LogP contribution is 2.20. The number of rotatable bonds is 5. The smallest absolute Gasteiger partial charge is 0.253 e. The molecule has 0 radical (unpaired) electrons. The molecule has 3 rings (SSSR count). The predicted octanol–water partition coefficient (Wildman–Crippen LogP) is 2.10. The Kier molecular flexibility index (Phi) is 4.74. The molecule has 0 aliphatic rings. The lowest BCUT2D eigenvalue weighted by Gasteiger charge is -2.10. The van der Waals surface area contributed by atoms with E-state index in [-0.39, 0.29) is 5.91 Å². The Morgan fingerprint density at radius 2 is 1.92 bits per heavy atom. The molecule has 0 unspecified atom stereocenters. The number of hydrogen-bond acceptors (Lipinski definition) is 5. The van der Waals surface area contributed by atoms with E-state index in [2.05, 4.69) is 15.4 Å². The van der Waals surface area contributed by atoms with Crippen molar-refractivity contribution in [2.24, 2.45) is 0 Å². The van der Waals surface area contributed by atoms with Crippen LogP contribution in [0.2, 0.25) is 0 Å². The summed E-state index contributed by atoms with van der Waals surface area (Å²) in [5.41, 5.74) is 2.49. The molecule has 2 aromatic carbocycles. The second-order valence-corrected chi connectivity index (χ2v) is 5.77. The molecule has 0 fully saturated rings. The van der Waals surface area contributed by atoms with Crippen molar-refractivity contribution in [2.75, 3.05) is 21.2 Å². The van der Waals surface area contributed by atoms with Gasteiger partial charge in [0, 0.05) is 25.2 Å². The van der Waals surface area contributed by atoms with Gasteiger partial charge >= 0.3 is 0 Å². The minimum Gasteiger partial charge on any atom is -0.497 e. The number of ether oxygens (including phenoxy) is 1. The van der Waals surface area contributed by atoms with Gasteiger partial charge in [0.15, 0.2) is 0 Å². The van der Waals surface area contributed by atoms with E-state index in [9.17, 15) is 4.79 Å². The van der Waals surface area contributed by atoms with Crippen LogP contribution in [-0.4, -0.2) is 52.2 Å². The summed E-state index contributed by atoms with van der Waals surface area (Å²) in [5.74, 6) is 1.26. The molecule has 128 valence electrons. The Bertz CT molecular complexity index is 871. The molecule has 1 amide bonds. The standard InChI is InChI=1S/C18H19N5O2/c1-22(2)18(24)14-9-7-13(8-10-14)12-23-20-17(19-21-23)15-5-4-6-16(11-15)25-3/h4-11H,12H2,1-3H3. The van der Waals surface area contributed by atoms with Gasteiger partial charge in [0.2, 0.25) is 5.82 Å². The predicted molar refractivity (Wildman–Crippen MR) is 93.4 cm³/mol. The normalized spacial score (nSPS) is 10.5. The first-order valence-electron chi connectivity index (χ1n) is 7.79. The molecule has 0 aliphatic heterocycles. The molecule has 0 spiro atoms. The maximum absolute atomic E-state index is 11.9. The molecule has 0 atom stereocenters. The molecular weight excluding hydrogens is 318 g/mol. The van der Waals surface area contributed by atoms with Crippen molar-refractivity contribution in [3.63, 3.8) is 0 Å². The van der Waals surface area contributed by atoms with E-state index in [0.717, 1.165) is 16.9 Å². The number of nitrogens with zero attached hydrogens (tertiary/aromatic N) is 5. The van der Waals surface area contributed by atoms with Crippen LogP contribution in [0.15, 0.2) is 48.5 Å². The van der Waals surface area contributed by atoms with Gasteiger partial charge in [-0.3, -0.25) is 4.79 Å². The molecule has 0 bridgehead atoms. The van der Waals surface area contributed by atoms with Crippen molar-refractivity contribution in [3.8, 4) is 17.1 Å². The average Bonchev–Trinajstić information content (AvgIpc) is 3.10. The van der Waals surface area contributed by atoms with Crippen molar-refractivity contribution in [1.29, 1.82) is 0 Å². The van der Waals surface area contributed by atoms with Gasteiger partial charge in [-0.05, 0) is 35.0 Å². The SMILES string of the molecule is COc1cccc(-c2nnn(Cc3ccc(C(=O)N(C)C)cc3)n2)c1. The molecule has 25 heavy (non-hydrogen) atoms. The van der Waals surface area contributed by atoms with E-state index >= 15 is 0 Å². The van der Waals surface area contributed by atoms with Crippen LogP contribution in [0.3, 0.4) is 0 Å². The zero-order valence-electron chi connectivity index (χ0n) is 14.4. The highest BCUT2D eigenvalue weighted by Gasteiger charge is 2.09. The topological polar surface area (TPSA) is 73.1 Å². The maximum atomic E-state index is 11.9. The van der Waals surface area contributed by atoms with Gasteiger partial charge in [-0.25, -0.2) is 0 Å². The number of carbonyl (C=O) groups excluding carboxylic acids is 1. The van der Waals surface area contributed by atoms with Gasteiger partial charge in [0.25, 0.3) is 5.91 Å². The van der Waals surface area contributed by atoms with E-state index in [0.29, 0.717) is 17.9 Å². The Hall–Kier alpha value is -3.22. The van der Waals surface area contributed by atoms with E-state index in [1.54, 1.807) is 38.2 Å². The lowest BCUT2D eigenvalue weighted by atomic mass is 10.1. The molecule has 0 saturated heterocycles. The third kappa shape index (κ3) is 3.82. The fourth-order valence-electron chi connectivity index (χ4n) is 2.36. The molecule has 7 heteroatoms. The van der Waals surface area contributed by atoms with Crippen LogP contribution in [-0.2, 0) is 6.54 Å². The fraction of sp³-hybridized carbons (Fsp3) is 0.222. The van der Waals surface area contributed by atoms with Crippen LogP contribution in [0.1, 0.15) is 15.9 Å². The molecule has 1 heterocycles. The number of carbonyl (C=O) groups is 1. The molecule has 0 saturated carbocycles. The molecule has 3 aromatic rings. The number of methoxy groups -OCH3 is 1. The quantitative estimate of drug-likeness (QED) is 0.713. The summed E-state index contributed by atoms with van der Waals surface area (Å²) in [6, 6.07) is 14.9. The second kappa shape index (κ2) is 7.12. The molecule has 1 aromatic heterocycles. The highest BCUT2D eigenvalue weighted by molar-refractivity contribution is 5.93. The zero-order chi connectivity index (χ0) is 17.8. The average molecular weight is 337 g/mol. The number of amides is 1. The van der Waals surface area contributed by atoms with Crippen LogP contribution < -0.4 is 4.74 Å². The largest absolute Gasteiger partial charge is 0.497 e. The second-order valence-electron chi connectivity index (χ2n) is 5.77. The lowest BCUT2D eigenvalue weighted by molar-refractivity contribution is 0.0827. The number of hydrogen-bond donors (Lipinski definition) is 0. The Labute approximate surface area is 145 Å². The maximum Gasteiger partial charge on any atom is 0.253 e. The van der Waals surface area contributed by atoms with Gasteiger partial charge < -0.3 is 9.64 Å². The molecule has 7 nitrogen and oxygen atoms in total. The Morgan fingerprint density at radius 3 is 2.60 bits per heavy atom. The van der Waals surface area contributed by atoms with Gasteiger partial charge in [-0.2, -0.15) is 4.80 Å². The summed E-state index contributed by atoms with van der Waals surface area (Å²) in [5, 5.41) is 12.6. The molecule has 0 N–H and O–H groups in total. The lowest BCUT2D eigenvalue weighted by Crippen LogP contribution is -2.21. The van der Waals surface area contributed by atoms with Gasteiger partial charge in [-0.15, -0.1) is 10.2 Å². The first kappa shape index (κ1) is 16.6. The monoisotopic (exact) mass is 337 g/mol. The summed E-state index contributed by atoms with van der Waals surface area (Å²) >= 11 is 0. The van der Waals surface area contributed by atoms with Crippen molar-refractivity contribution in [3.05, 3.63) is 59.7 Å². The first-order valence-corrected chi connectivity index (χ1v) is 7.79. The van der Waals surface area contributed by atoms with E-state index in [1.165, 1.54) is 4.80 Å². The third-order valence-electron chi connectivity index (χ3n) is 3.71. The van der Waals surface area contributed by atoms with Crippen LogP contribution >= 0.6 is 0 Å². The van der Waals surface area contributed by atoms with E-state index in [4.69, 9.17) is 4.74 Å². The third-order valence-corrected chi connectivity index (χ3v) is 3.71. The van der Waals surface area contributed by atoms with Crippen molar-refractivity contribution in [2.45, 2.75) is 6.54 Å². The molecular formula is C18H19N5O2. The number of aromatic nitrogens is 4. The highest BCUT2D eigenvalue weighted by atomic mass is 16.5. The summed E-state index contributed by atoms with van der Waals surface area (Å²) in [6.45, 7) is 0.480. The van der Waals surface area contributed by atoms with Crippen molar-refractivity contribution >= 4 is 5.91 Å². The van der Waals surface area contributed by atoms with Gasteiger partial charge in [0.05, 0.1) is 13.7 Å². The zero-order valence-corrected chi connectivity index (χ0v) is 14.4. The molecule has 0 aliphatic carbocycles. The summed E-state index contributed by atoms with van der Waals surface area (Å²) in [6.07, 6.45) is 0. The summed E-state index contributed by atoms with van der Waals surface area (Å²) in [4.78, 5) is 15.0. The fourth-order valence-corrected chi connectivity index (χ4v) is 2.36. The van der Waals surface area contributed by atoms with Gasteiger partial charge in [0.1, 0.15) is 5.75 Å². The van der Waals surface area contributed by atoms with E-state index < -0.39 is 0 Å². The van der Waals surface area contributed by atoms with Crippen LogP contribution in [0, 0.1) is 0 Å². The minimum atomic E-state index is -0.0225. The van der Waals surface area contributed by atoms with Crippen LogP contribution in [0.4, 0.5) is 0 Å². The summed E-state index contributed by atoms with van der Waals surface area (Å²) < 4.78 is 5.21. The Balaban J connectivity index is 1.74. The van der Waals surface area contributed by atoms with E-state index in [1.807, 2.05) is 36.4 Å². The van der Waals surface area contributed by atoms with Crippen molar-refractivity contribution < 1.29 is 9.53 Å². The summed E-state index contributed by atoms with van der Waals surface area (Å²) in [7, 11) is 5.08. The number of benzene rings is 2. The number of tetrazole rings is 1. The van der Waals surface area contributed by atoms with Crippen LogP contribution in [0.25, 0.3) is 11.4 Å². The van der Waals surface area contributed by atoms with Gasteiger partial charge in [-0.1, -0.05) is 24.3 Å².